The topological polar surface area (TPSA) is 37.3 Å². The van der Waals surface area contributed by atoms with Gasteiger partial charge in [-0.25, -0.2) is 0 Å². The van der Waals surface area contributed by atoms with Gasteiger partial charge < -0.3 is 5.11 Å². The van der Waals surface area contributed by atoms with Crippen molar-refractivity contribution < 1.29 is 9.90 Å². The van der Waals surface area contributed by atoms with Crippen LogP contribution < -0.4 is 0 Å². The van der Waals surface area contributed by atoms with Crippen LogP contribution in [0.25, 0.3) is 0 Å². The molecule has 0 amide bonds. The average Bonchev–Trinajstić information content (AvgIpc) is 2.44. The van der Waals surface area contributed by atoms with Crippen LogP contribution in [0.1, 0.15) is 25.7 Å². The zero-order chi connectivity index (χ0) is 13.9. The highest BCUT2D eigenvalue weighted by atomic mass is 32.2. The monoisotopic (exact) mass is 288 g/mol. The van der Waals surface area contributed by atoms with Gasteiger partial charge in [0.05, 0.1) is 5.75 Å². The average molecular weight is 288 g/mol. The Kier molecular flexibility index (Phi) is 4.16. The van der Waals surface area contributed by atoms with E-state index in [0.29, 0.717) is 0 Å². The summed E-state index contributed by atoms with van der Waals surface area (Å²) in [6, 6.07) is 0. The zero-order valence-corrected chi connectivity index (χ0v) is 12.4. The smallest absolute Gasteiger partial charge is 0.313 e. The van der Waals surface area contributed by atoms with Gasteiger partial charge in [0.2, 0.25) is 0 Å². The molecule has 2 atom stereocenters. The van der Waals surface area contributed by atoms with Crippen LogP contribution in [0.2, 0.25) is 0 Å². The Morgan fingerprint density at radius 2 is 2.20 bits per heavy atom. The number of hydrogen-bond acceptors (Lipinski definition) is 2. The van der Waals surface area contributed by atoms with E-state index in [0.717, 1.165) is 24.0 Å². The molecular weight excluding hydrogens is 268 g/mol. The van der Waals surface area contributed by atoms with Crippen LogP contribution in [-0.4, -0.2) is 22.6 Å². The lowest BCUT2D eigenvalue weighted by Gasteiger charge is -2.34. The Morgan fingerprint density at radius 1 is 1.30 bits per heavy atom. The van der Waals surface area contributed by atoms with E-state index >= 15 is 0 Å². The lowest BCUT2D eigenvalue weighted by molar-refractivity contribution is -0.133. The first kappa shape index (κ1) is 13.7. The normalized spacial score (nSPS) is 27.9. The Hall–Kier alpha value is -1.22. The van der Waals surface area contributed by atoms with Gasteiger partial charge in [0.1, 0.15) is 0 Å². The van der Waals surface area contributed by atoms with E-state index in [1.807, 2.05) is 0 Å². The van der Waals surface area contributed by atoms with Crippen LogP contribution in [0.3, 0.4) is 0 Å². The van der Waals surface area contributed by atoms with Crippen molar-refractivity contribution in [2.45, 2.75) is 25.7 Å². The summed E-state index contributed by atoms with van der Waals surface area (Å²) in [4.78, 5) is 10.6. The van der Waals surface area contributed by atoms with Crippen molar-refractivity contribution in [2.24, 2.45) is 11.8 Å². The van der Waals surface area contributed by atoms with Gasteiger partial charge in [-0.3, -0.25) is 4.79 Å². The lowest BCUT2D eigenvalue weighted by atomic mass is 9.71. The van der Waals surface area contributed by atoms with Crippen molar-refractivity contribution in [3.63, 3.8) is 0 Å². The van der Waals surface area contributed by atoms with Crippen molar-refractivity contribution >= 4 is 17.7 Å². The Labute approximate surface area is 124 Å². The van der Waals surface area contributed by atoms with Crippen molar-refractivity contribution in [2.75, 3.05) is 11.5 Å². The van der Waals surface area contributed by atoms with Crippen LogP contribution in [0.4, 0.5) is 0 Å². The number of carboxylic acids is 1. The minimum Gasteiger partial charge on any atom is -0.481 e. The van der Waals surface area contributed by atoms with E-state index < -0.39 is 5.97 Å². The summed E-state index contributed by atoms with van der Waals surface area (Å²) in [5, 5.41) is 8.69. The summed E-state index contributed by atoms with van der Waals surface area (Å²) < 4.78 is 0. The molecule has 106 valence electrons. The largest absolute Gasteiger partial charge is 0.481 e. The maximum atomic E-state index is 10.6. The Bertz CT molecular complexity index is 525. The minimum atomic E-state index is -0.719. The molecule has 0 aliphatic heterocycles. The highest BCUT2D eigenvalue weighted by Gasteiger charge is 2.28. The molecule has 0 saturated heterocycles. The molecule has 0 aromatic heterocycles. The summed E-state index contributed by atoms with van der Waals surface area (Å²) in [6.45, 7) is 0. The molecule has 0 saturated carbocycles. The summed E-state index contributed by atoms with van der Waals surface area (Å²) in [5.41, 5.74) is 4.36. The third-order valence-electron chi connectivity index (χ3n) is 4.39. The van der Waals surface area contributed by atoms with Crippen molar-refractivity contribution in [3.05, 3.63) is 47.1 Å². The fourth-order valence-corrected chi connectivity index (χ4v) is 4.14. The molecule has 0 aromatic carbocycles. The fraction of sp³-hybridized carbons (Fsp3) is 0.471. The molecule has 2 unspecified atom stereocenters. The number of thioether (sulfide) groups is 1. The number of allylic oxidation sites excluding steroid dienone is 7. The molecule has 2 nitrogen and oxygen atoms in total. The van der Waals surface area contributed by atoms with E-state index in [4.69, 9.17) is 5.11 Å². The van der Waals surface area contributed by atoms with Gasteiger partial charge in [-0.1, -0.05) is 36.0 Å². The molecule has 0 fully saturated rings. The first-order valence-electron chi connectivity index (χ1n) is 7.29. The van der Waals surface area contributed by atoms with E-state index in [2.05, 4.69) is 30.4 Å². The number of rotatable bonds is 4. The van der Waals surface area contributed by atoms with Crippen molar-refractivity contribution in [1.82, 2.24) is 0 Å². The quantitative estimate of drug-likeness (QED) is 0.850. The van der Waals surface area contributed by atoms with Crippen LogP contribution in [0.15, 0.2) is 47.1 Å². The second-order valence-electron chi connectivity index (χ2n) is 5.83. The lowest BCUT2D eigenvalue weighted by Crippen LogP contribution is -2.21. The van der Waals surface area contributed by atoms with Gasteiger partial charge in [-0.05, 0) is 48.7 Å². The SMILES string of the molecule is O=C(O)CSCC1=CC2=CC3=CC=CCC3CC2CC1. The highest BCUT2D eigenvalue weighted by Crippen LogP contribution is 2.42. The van der Waals surface area contributed by atoms with Gasteiger partial charge in [0.25, 0.3) is 0 Å². The molecule has 0 radical (unpaired) electrons. The van der Waals surface area contributed by atoms with Gasteiger partial charge in [-0.2, -0.15) is 0 Å². The van der Waals surface area contributed by atoms with Gasteiger partial charge >= 0.3 is 5.97 Å². The van der Waals surface area contributed by atoms with E-state index in [-0.39, 0.29) is 5.75 Å². The molecule has 3 rings (SSSR count). The third kappa shape index (κ3) is 3.09. The maximum Gasteiger partial charge on any atom is 0.313 e. The molecule has 3 aliphatic carbocycles. The standard InChI is InChI=1S/C17H20O2S/c18-17(19)11-20-10-12-5-6-15-8-13-3-1-2-4-14(13)9-16(15)7-12/h1-2,4,7,9,13,15H,3,5-6,8,10-11H2,(H,18,19). The summed E-state index contributed by atoms with van der Waals surface area (Å²) >= 11 is 1.51. The molecule has 3 heteroatoms. The maximum absolute atomic E-state index is 10.6. The summed E-state index contributed by atoms with van der Waals surface area (Å²) in [7, 11) is 0. The number of aliphatic carboxylic acids is 1. The molecule has 20 heavy (non-hydrogen) atoms. The number of fused-ring (bicyclic) bond motifs is 2. The third-order valence-corrected chi connectivity index (χ3v) is 5.41. The Balaban J connectivity index is 1.70. The van der Waals surface area contributed by atoms with Gasteiger partial charge in [0.15, 0.2) is 0 Å². The molecule has 0 heterocycles. The molecular formula is C17H20O2S. The van der Waals surface area contributed by atoms with Crippen molar-refractivity contribution in [3.8, 4) is 0 Å². The summed E-state index contributed by atoms with van der Waals surface area (Å²) in [6.07, 6.45) is 16.2. The second kappa shape index (κ2) is 6.04. The second-order valence-corrected chi connectivity index (χ2v) is 6.82. The number of hydrogen-bond donors (Lipinski definition) is 1. The molecule has 0 bridgehead atoms. The molecule has 0 aromatic rings. The van der Waals surface area contributed by atoms with E-state index in [9.17, 15) is 4.79 Å². The predicted molar refractivity (Wildman–Crippen MR) is 83.8 cm³/mol. The predicted octanol–water partition coefficient (Wildman–Crippen LogP) is 3.97. The van der Waals surface area contributed by atoms with Crippen LogP contribution in [0, 0.1) is 11.8 Å². The first-order valence-corrected chi connectivity index (χ1v) is 8.45. The fourth-order valence-electron chi connectivity index (χ4n) is 3.38. The first-order chi connectivity index (χ1) is 9.72. The van der Waals surface area contributed by atoms with Crippen molar-refractivity contribution in [1.29, 1.82) is 0 Å². The minimum absolute atomic E-state index is 0.206. The number of carbonyl (C=O) groups is 1. The summed E-state index contributed by atoms with van der Waals surface area (Å²) in [5.74, 6) is 1.79. The van der Waals surface area contributed by atoms with Crippen LogP contribution in [-0.2, 0) is 4.79 Å². The molecule has 1 N–H and O–H groups in total. The van der Waals surface area contributed by atoms with Crippen LogP contribution >= 0.6 is 11.8 Å². The zero-order valence-electron chi connectivity index (χ0n) is 11.5. The van der Waals surface area contributed by atoms with E-state index in [1.54, 1.807) is 0 Å². The molecule has 0 spiro atoms. The highest BCUT2D eigenvalue weighted by molar-refractivity contribution is 8.00. The van der Waals surface area contributed by atoms with E-state index in [1.165, 1.54) is 47.7 Å². The van der Waals surface area contributed by atoms with Crippen LogP contribution in [0.5, 0.6) is 0 Å². The number of carboxylic acid groups (broad SMARTS) is 1. The molecule has 3 aliphatic rings. The Morgan fingerprint density at radius 3 is 3.05 bits per heavy atom. The van der Waals surface area contributed by atoms with Gasteiger partial charge in [0, 0.05) is 5.75 Å². The van der Waals surface area contributed by atoms with Gasteiger partial charge in [-0.15, -0.1) is 11.8 Å².